The van der Waals surface area contributed by atoms with E-state index >= 15 is 0 Å². The number of benzene rings is 3. The summed E-state index contributed by atoms with van der Waals surface area (Å²) in [5.41, 5.74) is 3.55. The summed E-state index contributed by atoms with van der Waals surface area (Å²) in [6.45, 7) is 0. The molecule has 26 heavy (non-hydrogen) atoms. The Morgan fingerprint density at radius 2 is 1.19 bits per heavy atom. The third kappa shape index (κ3) is 2.71. The topological polar surface area (TPSA) is 27.7 Å². The first-order chi connectivity index (χ1) is 12.8. The van der Waals surface area contributed by atoms with Crippen molar-refractivity contribution >= 4 is 11.8 Å². The molecule has 0 bridgehead atoms. The van der Waals surface area contributed by atoms with Gasteiger partial charge in [-0.1, -0.05) is 48.2 Å². The van der Waals surface area contributed by atoms with Gasteiger partial charge in [-0.2, -0.15) is 0 Å². The van der Waals surface area contributed by atoms with Crippen molar-refractivity contribution in [3.05, 3.63) is 77.4 Å². The van der Waals surface area contributed by atoms with Crippen molar-refractivity contribution in [2.75, 3.05) is 21.3 Å². The lowest BCUT2D eigenvalue weighted by molar-refractivity contribution is 0.367. The van der Waals surface area contributed by atoms with Gasteiger partial charge in [-0.15, -0.1) is 0 Å². The van der Waals surface area contributed by atoms with Crippen LogP contribution in [0, 0.1) is 0 Å². The third-order valence-electron chi connectivity index (χ3n) is 4.72. The van der Waals surface area contributed by atoms with Gasteiger partial charge in [0.15, 0.2) is 0 Å². The molecule has 0 saturated carbocycles. The second-order valence-electron chi connectivity index (χ2n) is 6.06. The maximum atomic E-state index is 5.75. The van der Waals surface area contributed by atoms with Gasteiger partial charge in [-0.05, 0) is 23.3 Å². The Hall–Kier alpha value is -2.59. The van der Waals surface area contributed by atoms with E-state index in [1.807, 2.05) is 23.9 Å². The predicted molar refractivity (Wildman–Crippen MR) is 104 cm³/mol. The van der Waals surface area contributed by atoms with Crippen molar-refractivity contribution in [2.24, 2.45) is 0 Å². The Morgan fingerprint density at radius 3 is 1.65 bits per heavy atom. The zero-order valence-corrected chi connectivity index (χ0v) is 15.8. The summed E-state index contributed by atoms with van der Waals surface area (Å²) in [6, 6.07) is 20.9. The second kappa shape index (κ2) is 6.96. The van der Waals surface area contributed by atoms with Crippen LogP contribution in [-0.2, 0) is 0 Å². The summed E-state index contributed by atoms with van der Waals surface area (Å²) in [5, 5.41) is 0. The van der Waals surface area contributed by atoms with E-state index in [0.717, 1.165) is 17.1 Å². The van der Waals surface area contributed by atoms with Gasteiger partial charge in [0, 0.05) is 33.4 Å². The maximum absolute atomic E-state index is 5.75. The molecule has 3 nitrogen and oxygen atoms in total. The van der Waals surface area contributed by atoms with Crippen molar-refractivity contribution in [3.8, 4) is 17.2 Å². The van der Waals surface area contributed by atoms with Crippen LogP contribution in [0.3, 0.4) is 0 Å². The Morgan fingerprint density at radius 1 is 0.692 bits per heavy atom. The standard InChI is InChI=1S/C22H20O3S/c1-23-14-12-17(24-2)22(18(13-14)25-3)21-15-8-4-6-10-19(15)26-20-11-7-5-9-16(20)21/h4-13,21H,1-3H3. The Kier molecular flexibility index (Phi) is 4.51. The molecule has 0 atom stereocenters. The van der Waals surface area contributed by atoms with E-state index in [2.05, 4.69) is 48.5 Å². The monoisotopic (exact) mass is 364 g/mol. The van der Waals surface area contributed by atoms with Crippen LogP contribution < -0.4 is 14.2 Å². The lowest BCUT2D eigenvalue weighted by atomic mass is 9.83. The first-order valence-electron chi connectivity index (χ1n) is 8.42. The number of ether oxygens (including phenoxy) is 3. The van der Waals surface area contributed by atoms with E-state index < -0.39 is 0 Å². The minimum absolute atomic E-state index is 0.0412. The molecule has 0 unspecified atom stereocenters. The zero-order chi connectivity index (χ0) is 18.1. The van der Waals surface area contributed by atoms with E-state index in [9.17, 15) is 0 Å². The van der Waals surface area contributed by atoms with Crippen molar-refractivity contribution in [1.29, 1.82) is 0 Å². The number of hydrogen-bond acceptors (Lipinski definition) is 4. The number of fused-ring (bicyclic) bond motifs is 2. The fourth-order valence-electron chi connectivity index (χ4n) is 3.54. The first-order valence-corrected chi connectivity index (χ1v) is 9.24. The van der Waals surface area contributed by atoms with Crippen LogP contribution in [0.4, 0.5) is 0 Å². The van der Waals surface area contributed by atoms with Crippen molar-refractivity contribution in [3.63, 3.8) is 0 Å². The highest BCUT2D eigenvalue weighted by Crippen LogP contribution is 2.52. The van der Waals surface area contributed by atoms with Crippen molar-refractivity contribution < 1.29 is 14.2 Å². The molecule has 0 aliphatic carbocycles. The van der Waals surface area contributed by atoms with Gasteiger partial charge in [0.05, 0.1) is 21.3 Å². The van der Waals surface area contributed by atoms with Crippen LogP contribution in [0.2, 0.25) is 0 Å². The van der Waals surface area contributed by atoms with Gasteiger partial charge in [0.25, 0.3) is 0 Å². The molecular formula is C22H20O3S. The van der Waals surface area contributed by atoms with Gasteiger partial charge >= 0.3 is 0 Å². The molecule has 0 aromatic heterocycles. The van der Waals surface area contributed by atoms with Gasteiger partial charge in [-0.3, -0.25) is 0 Å². The Bertz CT molecular complexity index is 881. The summed E-state index contributed by atoms with van der Waals surface area (Å²) < 4.78 is 16.9. The SMILES string of the molecule is COc1cc(OC)c(C2c3ccccc3Sc3ccccc32)c(OC)c1. The second-order valence-corrected chi connectivity index (χ2v) is 7.14. The number of rotatable bonds is 4. The molecule has 0 fully saturated rings. The van der Waals surface area contributed by atoms with E-state index in [-0.39, 0.29) is 5.92 Å². The molecule has 4 rings (SSSR count). The van der Waals surface area contributed by atoms with Crippen molar-refractivity contribution in [2.45, 2.75) is 15.7 Å². The van der Waals surface area contributed by atoms with E-state index in [0.29, 0.717) is 5.75 Å². The predicted octanol–water partition coefficient (Wildman–Crippen LogP) is 5.36. The molecule has 1 aliphatic heterocycles. The van der Waals surface area contributed by atoms with Crippen LogP contribution in [0.15, 0.2) is 70.5 Å². The van der Waals surface area contributed by atoms with Crippen molar-refractivity contribution in [1.82, 2.24) is 0 Å². The zero-order valence-electron chi connectivity index (χ0n) is 15.0. The highest BCUT2D eigenvalue weighted by molar-refractivity contribution is 7.99. The van der Waals surface area contributed by atoms with Crippen LogP contribution >= 0.6 is 11.8 Å². The highest BCUT2D eigenvalue weighted by Gasteiger charge is 2.32. The van der Waals surface area contributed by atoms with E-state index in [4.69, 9.17) is 14.2 Å². The lowest BCUT2D eigenvalue weighted by Gasteiger charge is -2.30. The molecule has 0 spiro atoms. The normalized spacial score (nSPS) is 12.9. The fourth-order valence-corrected chi connectivity index (χ4v) is 4.68. The van der Waals surface area contributed by atoms with E-state index in [1.54, 1.807) is 21.3 Å². The molecule has 1 heterocycles. The molecule has 4 heteroatoms. The molecule has 0 amide bonds. The average Bonchev–Trinajstić information content (AvgIpc) is 2.71. The molecule has 3 aromatic rings. The van der Waals surface area contributed by atoms with Gasteiger partial charge in [0.1, 0.15) is 17.2 Å². The van der Waals surface area contributed by atoms with Gasteiger partial charge < -0.3 is 14.2 Å². The molecular weight excluding hydrogens is 344 g/mol. The minimum Gasteiger partial charge on any atom is -0.496 e. The Balaban J connectivity index is 2.02. The number of methoxy groups -OCH3 is 3. The average molecular weight is 364 g/mol. The molecule has 1 aliphatic rings. The smallest absolute Gasteiger partial charge is 0.130 e. The molecule has 0 N–H and O–H groups in total. The molecule has 132 valence electrons. The summed E-state index contributed by atoms with van der Waals surface area (Å²) in [5.74, 6) is 2.29. The third-order valence-corrected chi connectivity index (χ3v) is 5.91. The summed E-state index contributed by atoms with van der Waals surface area (Å²) in [6.07, 6.45) is 0. The maximum Gasteiger partial charge on any atom is 0.130 e. The van der Waals surface area contributed by atoms with Crippen LogP contribution in [0.25, 0.3) is 0 Å². The van der Waals surface area contributed by atoms with Gasteiger partial charge in [0.2, 0.25) is 0 Å². The highest BCUT2D eigenvalue weighted by atomic mass is 32.2. The van der Waals surface area contributed by atoms with Crippen LogP contribution in [0.1, 0.15) is 22.6 Å². The summed E-state index contributed by atoms with van der Waals surface area (Å²) in [7, 11) is 5.02. The minimum atomic E-state index is 0.0412. The van der Waals surface area contributed by atoms with Gasteiger partial charge in [-0.25, -0.2) is 0 Å². The number of hydrogen-bond donors (Lipinski definition) is 0. The van der Waals surface area contributed by atoms with E-state index in [1.165, 1.54) is 20.9 Å². The quantitative estimate of drug-likeness (QED) is 0.487. The molecule has 0 radical (unpaired) electrons. The summed E-state index contributed by atoms with van der Waals surface area (Å²) >= 11 is 1.81. The lowest BCUT2D eigenvalue weighted by Crippen LogP contribution is -2.12. The molecule has 0 saturated heterocycles. The van der Waals surface area contributed by atoms with Crippen LogP contribution in [0.5, 0.6) is 17.2 Å². The first kappa shape index (κ1) is 16.9. The molecule has 3 aromatic carbocycles. The fraction of sp³-hybridized carbons (Fsp3) is 0.182. The van der Waals surface area contributed by atoms with Crippen LogP contribution in [-0.4, -0.2) is 21.3 Å². The Labute approximate surface area is 157 Å². The largest absolute Gasteiger partial charge is 0.496 e. The summed E-state index contributed by atoms with van der Waals surface area (Å²) in [4.78, 5) is 2.52.